The molecule has 4 nitrogen and oxygen atoms in total. The van der Waals surface area contributed by atoms with E-state index in [4.69, 9.17) is 5.73 Å². The molecule has 18 heavy (non-hydrogen) atoms. The molecule has 0 saturated carbocycles. The van der Waals surface area contributed by atoms with Crippen molar-refractivity contribution in [1.29, 1.82) is 0 Å². The smallest absolute Gasteiger partial charge is 0.218 e. The van der Waals surface area contributed by atoms with Gasteiger partial charge in [-0.2, -0.15) is 0 Å². The molecule has 0 bridgehead atoms. The van der Waals surface area contributed by atoms with Crippen LogP contribution in [0.4, 0.5) is 0 Å². The molecule has 0 fully saturated rings. The molecule has 1 aromatic rings. The van der Waals surface area contributed by atoms with Gasteiger partial charge in [0.25, 0.3) is 0 Å². The summed E-state index contributed by atoms with van der Waals surface area (Å²) in [5, 5.41) is -0.645. The van der Waals surface area contributed by atoms with Crippen molar-refractivity contribution in [2.45, 2.75) is 32.1 Å². The monoisotopic (exact) mass is 270 g/mol. The summed E-state index contributed by atoms with van der Waals surface area (Å²) in [5.41, 5.74) is 9.13. The van der Waals surface area contributed by atoms with Gasteiger partial charge in [-0.15, -0.1) is 0 Å². The summed E-state index contributed by atoms with van der Waals surface area (Å²) in [4.78, 5) is 0. The van der Waals surface area contributed by atoms with Crippen molar-refractivity contribution in [3.8, 4) is 0 Å². The molecule has 102 valence electrons. The van der Waals surface area contributed by atoms with E-state index in [0.29, 0.717) is 0 Å². The molecule has 0 spiro atoms. The van der Waals surface area contributed by atoms with Crippen LogP contribution >= 0.6 is 0 Å². The number of nitrogens with zero attached hydrogens (tertiary/aromatic N) is 1. The highest BCUT2D eigenvalue weighted by atomic mass is 32.2. The average molecular weight is 270 g/mol. The predicted octanol–water partition coefficient (Wildman–Crippen LogP) is 1.58. The zero-order valence-electron chi connectivity index (χ0n) is 11.6. The summed E-state index contributed by atoms with van der Waals surface area (Å²) in [6.07, 6.45) is 0. The number of aryl methyl sites for hydroxylation is 2. The third-order valence-corrected chi connectivity index (χ3v) is 5.53. The van der Waals surface area contributed by atoms with E-state index in [-0.39, 0.29) is 0 Å². The van der Waals surface area contributed by atoms with E-state index >= 15 is 0 Å². The van der Waals surface area contributed by atoms with Gasteiger partial charge < -0.3 is 5.73 Å². The second-order valence-corrected chi connectivity index (χ2v) is 7.42. The number of rotatable bonds is 4. The molecule has 0 heterocycles. The lowest BCUT2D eigenvalue weighted by Gasteiger charge is -2.25. The van der Waals surface area contributed by atoms with Crippen molar-refractivity contribution < 1.29 is 8.42 Å². The van der Waals surface area contributed by atoms with Crippen LogP contribution in [0.3, 0.4) is 0 Å². The molecular formula is C13H22N2O2S. The SMILES string of the molecule is Cc1ccc(C)c(C(N)C(C)S(=O)(=O)N(C)C)c1. The summed E-state index contributed by atoms with van der Waals surface area (Å²) in [5.74, 6) is 0. The molecule has 0 amide bonds. The molecular weight excluding hydrogens is 248 g/mol. The van der Waals surface area contributed by atoms with E-state index in [0.717, 1.165) is 16.7 Å². The Kier molecular flexibility index (Phi) is 4.53. The molecule has 2 N–H and O–H groups in total. The molecule has 2 unspecified atom stereocenters. The highest BCUT2D eigenvalue weighted by molar-refractivity contribution is 7.89. The minimum atomic E-state index is -3.35. The van der Waals surface area contributed by atoms with E-state index in [1.54, 1.807) is 6.92 Å². The lowest BCUT2D eigenvalue weighted by Crippen LogP contribution is -2.38. The Labute approximate surface area is 110 Å². The maximum Gasteiger partial charge on any atom is 0.218 e. The van der Waals surface area contributed by atoms with Crippen LogP contribution in [0.25, 0.3) is 0 Å². The first kappa shape index (κ1) is 15.1. The first-order valence-corrected chi connectivity index (χ1v) is 7.42. The lowest BCUT2D eigenvalue weighted by atomic mass is 9.98. The van der Waals surface area contributed by atoms with Gasteiger partial charge in [-0.25, -0.2) is 12.7 Å². The predicted molar refractivity (Wildman–Crippen MR) is 74.9 cm³/mol. The second-order valence-electron chi connectivity index (χ2n) is 4.92. The largest absolute Gasteiger partial charge is 0.323 e. The minimum Gasteiger partial charge on any atom is -0.323 e. The fraction of sp³-hybridized carbons (Fsp3) is 0.538. The van der Waals surface area contributed by atoms with Crippen LogP contribution in [-0.2, 0) is 10.0 Å². The third kappa shape index (κ3) is 2.91. The van der Waals surface area contributed by atoms with Gasteiger partial charge in [-0.3, -0.25) is 0 Å². The molecule has 0 saturated heterocycles. The number of hydrogen-bond donors (Lipinski definition) is 1. The number of sulfonamides is 1. The Morgan fingerprint density at radius 2 is 1.78 bits per heavy atom. The zero-order chi connectivity index (χ0) is 14.1. The van der Waals surface area contributed by atoms with E-state index in [1.807, 2.05) is 32.0 Å². The van der Waals surface area contributed by atoms with Crippen molar-refractivity contribution in [2.75, 3.05) is 14.1 Å². The average Bonchev–Trinajstić information content (AvgIpc) is 2.30. The van der Waals surface area contributed by atoms with Crippen molar-refractivity contribution >= 4 is 10.0 Å². The van der Waals surface area contributed by atoms with Crippen LogP contribution in [0.5, 0.6) is 0 Å². The molecule has 0 aromatic heterocycles. The van der Waals surface area contributed by atoms with Crippen molar-refractivity contribution in [1.82, 2.24) is 4.31 Å². The Hall–Kier alpha value is -0.910. The summed E-state index contributed by atoms with van der Waals surface area (Å²) < 4.78 is 25.4. The molecule has 0 aliphatic heterocycles. The van der Waals surface area contributed by atoms with Crippen LogP contribution in [0.2, 0.25) is 0 Å². The highest BCUT2D eigenvalue weighted by Crippen LogP contribution is 2.24. The Balaban J connectivity index is 3.15. The van der Waals surface area contributed by atoms with Gasteiger partial charge in [-0.05, 0) is 31.9 Å². The topological polar surface area (TPSA) is 63.4 Å². The summed E-state index contributed by atoms with van der Waals surface area (Å²) in [6.45, 7) is 5.58. The second kappa shape index (κ2) is 5.38. The summed E-state index contributed by atoms with van der Waals surface area (Å²) in [6, 6.07) is 5.41. The van der Waals surface area contributed by atoms with E-state index in [2.05, 4.69) is 0 Å². The quantitative estimate of drug-likeness (QED) is 0.903. The fourth-order valence-electron chi connectivity index (χ4n) is 1.89. The van der Waals surface area contributed by atoms with Gasteiger partial charge in [0.15, 0.2) is 0 Å². The molecule has 0 aliphatic rings. The standard InChI is InChI=1S/C13H22N2O2S/c1-9-6-7-10(2)12(8-9)13(14)11(3)18(16,17)15(4)5/h6-8,11,13H,14H2,1-5H3. The maximum atomic E-state index is 12.1. The van der Waals surface area contributed by atoms with Crippen LogP contribution in [0.1, 0.15) is 29.7 Å². The summed E-state index contributed by atoms with van der Waals surface area (Å²) in [7, 11) is -0.287. The molecule has 1 rings (SSSR count). The maximum absolute atomic E-state index is 12.1. The van der Waals surface area contributed by atoms with Crippen LogP contribution in [-0.4, -0.2) is 32.1 Å². The van der Waals surface area contributed by atoms with Gasteiger partial charge in [0, 0.05) is 20.1 Å². The first-order valence-electron chi connectivity index (χ1n) is 5.92. The molecule has 1 aromatic carbocycles. The van der Waals surface area contributed by atoms with Crippen LogP contribution in [0, 0.1) is 13.8 Å². The van der Waals surface area contributed by atoms with Gasteiger partial charge >= 0.3 is 0 Å². The zero-order valence-corrected chi connectivity index (χ0v) is 12.5. The first-order chi connectivity index (χ1) is 8.17. The van der Waals surface area contributed by atoms with E-state index < -0.39 is 21.3 Å². The highest BCUT2D eigenvalue weighted by Gasteiger charge is 2.30. The van der Waals surface area contributed by atoms with Gasteiger partial charge in [0.2, 0.25) is 10.0 Å². The number of hydrogen-bond acceptors (Lipinski definition) is 3. The van der Waals surface area contributed by atoms with Crippen LogP contribution in [0.15, 0.2) is 18.2 Å². The van der Waals surface area contributed by atoms with Gasteiger partial charge in [-0.1, -0.05) is 23.8 Å². The molecule has 0 radical (unpaired) electrons. The normalized spacial score (nSPS) is 15.7. The van der Waals surface area contributed by atoms with Crippen LogP contribution < -0.4 is 5.73 Å². The van der Waals surface area contributed by atoms with Crippen molar-refractivity contribution in [3.63, 3.8) is 0 Å². The van der Waals surface area contributed by atoms with E-state index in [9.17, 15) is 8.42 Å². The minimum absolute atomic E-state index is 0.516. The Bertz CT molecular complexity index is 524. The Morgan fingerprint density at radius 3 is 2.28 bits per heavy atom. The van der Waals surface area contributed by atoms with Crippen molar-refractivity contribution in [3.05, 3.63) is 34.9 Å². The molecule has 2 atom stereocenters. The Morgan fingerprint density at radius 1 is 1.22 bits per heavy atom. The van der Waals surface area contributed by atoms with Crippen molar-refractivity contribution in [2.24, 2.45) is 5.73 Å². The van der Waals surface area contributed by atoms with E-state index in [1.165, 1.54) is 18.4 Å². The molecule has 5 heteroatoms. The number of nitrogens with two attached hydrogens (primary N) is 1. The third-order valence-electron chi connectivity index (χ3n) is 3.28. The van der Waals surface area contributed by atoms with Gasteiger partial charge in [0.1, 0.15) is 0 Å². The number of benzene rings is 1. The fourth-order valence-corrected chi connectivity index (χ4v) is 3.07. The lowest BCUT2D eigenvalue weighted by molar-refractivity contribution is 0.494. The van der Waals surface area contributed by atoms with Gasteiger partial charge in [0.05, 0.1) is 5.25 Å². The summed E-state index contributed by atoms with van der Waals surface area (Å²) >= 11 is 0. The molecule has 0 aliphatic carbocycles.